The number of piperidine rings is 1. The van der Waals surface area contributed by atoms with Gasteiger partial charge in [-0.15, -0.1) is 0 Å². The summed E-state index contributed by atoms with van der Waals surface area (Å²) >= 11 is 0. The Morgan fingerprint density at radius 2 is 2.07 bits per heavy atom. The number of carbonyl (C=O) groups is 1. The van der Waals surface area contributed by atoms with Crippen molar-refractivity contribution in [3.63, 3.8) is 0 Å². The standard InChI is InChI=1S/C21H27FN4O3/c1-24-13-15(12-23-24)20-19(14-25-7-3-2-4-8-25)29-10-9-26(20)21(28)17-6-5-16(27)11-18(17)22/h5-6,11-13,19-20,27H,2-4,7-10,14H2,1H3/t19-,20-/m0/s1. The van der Waals surface area contributed by atoms with Crippen LogP contribution in [0.4, 0.5) is 4.39 Å². The fraction of sp³-hybridized carbons (Fsp3) is 0.524. The maximum Gasteiger partial charge on any atom is 0.257 e. The highest BCUT2D eigenvalue weighted by Gasteiger charge is 2.39. The highest BCUT2D eigenvalue weighted by atomic mass is 19.1. The molecule has 0 saturated carbocycles. The van der Waals surface area contributed by atoms with Gasteiger partial charge >= 0.3 is 0 Å². The minimum Gasteiger partial charge on any atom is -0.508 e. The van der Waals surface area contributed by atoms with Crippen LogP contribution in [0.1, 0.15) is 41.2 Å². The molecule has 7 nitrogen and oxygen atoms in total. The van der Waals surface area contributed by atoms with Gasteiger partial charge in [-0.3, -0.25) is 9.48 Å². The maximum atomic E-state index is 14.4. The molecule has 2 atom stereocenters. The lowest BCUT2D eigenvalue weighted by atomic mass is 9.98. The lowest BCUT2D eigenvalue weighted by molar-refractivity contribution is -0.0742. The molecule has 1 amide bonds. The van der Waals surface area contributed by atoms with Gasteiger partial charge in [0.15, 0.2) is 0 Å². The van der Waals surface area contributed by atoms with Gasteiger partial charge in [-0.1, -0.05) is 6.42 Å². The minimum absolute atomic E-state index is 0.0460. The zero-order chi connectivity index (χ0) is 20.4. The van der Waals surface area contributed by atoms with E-state index in [0.29, 0.717) is 13.2 Å². The van der Waals surface area contributed by atoms with Crippen molar-refractivity contribution in [2.45, 2.75) is 31.4 Å². The van der Waals surface area contributed by atoms with E-state index < -0.39 is 11.7 Å². The summed E-state index contributed by atoms with van der Waals surface area (Å²) in [5, 5.41) is 13.8. The molecule has 0 radical (unpaired) electrons. The highest BCUT2D eigenvalue weighted by Crippen LogP contribution is 2.32. The maximum absolute atomic E-state index is 14.4. The molecule has 2 aliphatic heterocycles. The molecule has 4 rings (SSSR count). The fourth-order valence-corrected chi connectivity index (χ4v) is 4.33. The first-order chi connectivity index (χ1) is 14.0. The molecule has 0 bridgehead atoms. The summed E-state index contributed by atoms with van der Waals surface area (Å²) in [4.78, 5) is 17.3. The first kappa shape index (κ1) is 19.8. The fourth-order valence-electron chi connectivity index (χ4n) is 4.33. The number of rotatable bonds is 4. The van der Waals surface area contributed by atoms with Gasteiger partial charge in [0, 0.05) is 38.0 Å². The molecule has 156 valence electrons. The molecule has 0 spiro atoms. The molecular weight excluding hydrogens is 375 g/mol. The van der Waals surface area contributed by atoms with Crippen molar-refractivity contribution in [3.8, 4) is 5.75 Å². The van der Waals surface area contributed by atoms with Gasteiger partial charge in [0.25, 0.3) is 5.91 Å². The third-order valence-electron chi connectivity index (χ3n) is 5.75. The van der Waals surface area contributed by atoms with Crippen molar-refractivity contribution in [3.05, 3.63) is 47.5 Å². The molecule has 8 heteroatoms. The summed E-state index contributed by atoms with van der Waals surface area (Å²) in [6, 6.07) is 3.29. The Bertz CT molecular complexity index is 865. The predicted molar refractivity (Wildman–Crippen MR) is 105 cm³/mol. The summed E-state index contributed by atoms with van der Waals surface area (Å²) < 4.78 is 22.2. The number of aromatic hydroxyl groups is 1. The zero-order valence-electron chi connectivity index (χ0n) is 16.6. The highest BCUT2D eigenvalue weighted by molar-refractivity contribution is 5.95. The van der Waals surface area contributed by atoms with Gasteiger partial charge < -0.3 is 19.6 Å². The quantitative estimate of drug-likeness (QED) is 0.850. The van der Waals surface area contributed by atoms with Gasteiger partial charge in [0.2, 0.25) is 0 Å². The molecule has 2 saturated heterocycles. The smallest absolute Gasteiger partial charge is 0.257 e. The summed E-state index contributed by atoms with van der Waals surface area (Å²) in [5.41, 5.74) is 0.831. The molecule has 2 aromatic rings. The van der Waals surface area contributed by atoms with E-state index in [0.717, 1.165) is 31.3 Å². The zero-order valence-corrected chi connectivity index (χ0v) is 16.6. The second-order valence-electron chi connectivity index (χ2n) is 7.83. The molecule has 1 aromatic carbocycles. The average Bonchev–Trinajstić information content (AvgIpc) is 3.14. The van der Waals surface area contributed by atoms with E-state index in [9.17, 15) is 14.3 Å². The summed E-state index contributed by atoms with van der Waals surface area (Å²) in [6.45, 7) is 3.55. The van der Waals surface area contributed by atoms with Crippen LogP contribution in [-0.2, 0) is 11.8 Å². The topological polar surface area (TPSA) is 70.8 Å². The van der Waals surface area contributed by atoms with E-state index in [1.807, 2.05) is 13.2 Å². The van der Waals surface area contributed by atoms with E-state index in [2.05, 4.69) is 10.00 Å². The van der Waals surface area contributed by atoms with Crippen LogP contribution in [0.5, 0.6) is 5.75 Å². The number of benzene rings is 1. The normalized spacial score (nSPS) is 23.3. The Balaban J connectivity index is 1.64. The lowest BCUT2D eigenvalue weighted by Crippen LogP contribution is -2.52. The third kappa shape index (κ3) is 4.28. The number of morpholine rings is 1. The first-order valence-electron chi connectivity index (χ1n) is 10.1. The van der Waals surface area contributed by atoms with E-state index in [-0.39, 0.29) is 23.5 Å². The number of amides is 1. The van der Waals surface area contributed by atoms with E-state index in [1.54, 1.807) is 15.8 Å². The average molecular weight is 402 g/mol. The van der Waals surface area contributed by atoms with Gasteiger partial charge in [-0.25, -0.2) is 4.39 Å². The predicted octanol–water partition coefficient (Wildman–Crippen LogP) is 2.33. The van der Waals surface area contributed by atoms with Crippen LogP contribution < -0.4 is 0 Å². The number of carbonyl (C=O) groups excluding carboxylic acids is 1. The Kier molecular flexibility index (Phi) is 5.82. The molecule has 29 heavy (non-hydrogen) atoms. The van der Waals surface area contributed by atoms with E-state index in [1.165, 1.54) is 31.4 Å². The van der Waals surface area contributed by atoms with Crippen molar-refractivity contribution >= 4 is 5.91 Å². The summed E-state index contributed by atoms with van der Waals surface area (Å²) in [6.07, 6.45) is 7.01. The van der Waals surface area contributed by atoms with Crippen LogP contribution >= 0.6 is 0 Å². The Hall–Kier alpha value is -2.45. The van der Waals surface area contributed by atoms with Crippen LogP contribution in [0.25, 0.3) is 0 Å². The number of aryl methyl sites for hydroxylation is 1. The number of halogens is 1. The number of aromatic nitrogens is 2. The molecule has 3 heterocycles. The van der Waals surface area contributed by atoms with Crippen LogP contribution in [0, 0.1) is 5.82 Å². The lowest BCUT2D eigenvalue weighted by Gasteiger charge is -2.43. The molecule has 0 unspecified atom stereocenters. The number of ether oxygens (including phenoxy) is 1. The van der Waals surface area contributed by atoms with Gasteiger partial charge in [0.05, 0.1) is 30.5 Å². The molecule has 2 aliphatic rings. The Labute approximate surface area is 169 Å². The number of likely N-dealkylation sites (tertiary alicyclic amines) is 1. The number of hydrogen-bond acceptors (Lipinski definition) is 5. The summed E-state index contributed by atoms with van der Waals surface area (Å²) in [5.74, 6) is -1.32. The number of phenols is 1. The van der Waals surface area contributed by atoms with Crippen molar-refractivity contribution in [1.82, 2.24) is 19.6 Å². The van der Waals surface area contributed by atoms with Crippen molar-refractivity contribution in [2.75, 3.05) is 32.8 Å². The second-order valence-corrected chi connectivity index (χ2v) is 7.83. The number of phenolic OH excluding ortho intramolecular Hbond substituents is 1. The Morgan fingerprint density at radius 1 is 1.28 bits per heavy atom. The molecule has 2 fully saturated rings. The first-order valence-corrected chi connectivity index (χ1v) is 10.1. The van der Waals surface area contributed by atoms with Gasteiger partial charge in [0.1, 0.15) is 11.6 Å². The molecule has 0 aliphatic carbocycles. The second kappa shape index (κ2) is 8.51. The number of hydrogen-bond donors (Lipinski definition) is 1. The summed E-state index contributed by atoms with van der Waals surface area (Å²) in [7, 11) is 1.83. The molecule has 1 N–H and O–H groups in total. The van der Waals surface area contributed by atoms with Crippen molar-refractivity contribution < 1.29 is 19.0 Å². The molecule has 1 aromatic heterocycles. The van der Waals surface area contributed by atoms with Crippen LogP contribution in [-0.4, -0.2) is 69.5 Å². The van der Waals surface area contributed by atoms with E-state index >= 15 is 0 Å². The van der Waals surface area contributed by atoms with Crippen molar-refractivity contribution in [1.29, 1.82) is 0 Å². The van der Waals surface area contributed by atoms with Gasteiger partial charge in [-0.05, 0) is 38.1 Å². The van der Waals surface area contributed by atoms with Crippen LogP contribution in [0.3, 0.4) is 0 Å². The monoisotopic (exact) mass is 402 g/mol. The van der Waals surface area contributed by atoms with Crippen LogP contribution in [0.2, 0.25) is 0 Å². The number of nitrogens with zero attached hydrogens (tertiary/aromatic N) is 4. The Morgan fingerprint density at radius 3 is 2.76 bits per heavy atom. The molecular formula is C21H27FN4O3. The third-order valence-corrected chi connectivity index (χ3v) is 5.75. The largest absolute Gasteiger partial charge is 0.508 e. The SMILES string of the molecule is Cn1cc([C@H]2[C@H](CN3CCCCC3)OCCN2C(=O)c2ccc(O)cc2F)cn1. The van der Waals surface area contributed by atoms with Crippen LogP contribution in [0.15, 0.2) is 30.6 Å². The van der Waals surface area contributed by atoms with Crippen molar-refractivity contribution in [2.24, 2.45) is 7.05 Å². The van der Waals surface area contributed by atoms with E-state index in [4.69, 9.17) is 4.74 Å². The minimum atomic E-state index is -0.723. The van der Waals surface area contributed by atoms with Gasteiger partial charge in [-0.2, -0.15) is 5.10 Å².